The summed E-state index contributed by atoms with van der Waals surface area (Å²) < 4.78 is 2.31. The van der Waals surface area contributed by atoms with Gasteiger partial charge in [-0.3, -0.25) is 0 Å². The van der Waals surface area contributed by atoms with Crippen molar-refractivity contribution in [1.29, 1.82) is 0 Å². The number of hydrogen-bond acceptors (Lipinski definition) is 1. The van der Waals surface area contributed by atoms with Gasteiger partial charge < -0.3 is 9.47 Å². The monoisotopic (exact) mass is 602 g/mol. The molecule has 0 atom stereocenters. The third-order valence-corrected chi connectivity index (χ3v) is 10.0. The Labute approximate surface area is 275 Å². The molecule has 2 heteroatoms. The van der Waals surface area contributed by atoms with Crippen LogP contribution in [0.5, 0.6) is 0 Å². The molecule has 0 unspecified atom stereocenters. The van der Waals surface area contributed by atoms with Crippen molar-refractivity contribution >= 4 is 38.7 Å². The summed E-state index contributed by atoms with van der Waals surface area (Å²) in [6.45, 7) is 4.74. The van der Waals surface area contributed by atoms with Crippen LogP contribution in [0.1, 0.15) is 25.0 Å². The first kappa shape index (κ1) is 27.5. The molecule has 47 heavy (non-hydrogen) atoms. The molecule has 0 aliphatic heterocycles. The first-order valence-electron chi connectivity index (χ1n) is 16.4. The van der Waals surface area contributed by atoms with Crippen LogP contribution in [-0.2, 0) is 5.41 Å². The second kappa shape index (κ2) is 10.6. The Kier molecular flexibility index (Phi) is 6.20. The number of rotatable bonds is 5. The highest BCUT2D eigenvalue weighted by Crippen LogP contribution is 2.51. The third kappa shape index (κ3) is 4.40. The lowest BCUT2D eigenvalue weighted by Gasteiger charge is -2.29. The van der Waals surface area contributed by atoms with Gasteiger partial charge in [0.25, 0.3) is 0 Å². The quantitative estimate of drug-likeness (QED) is 0.190. The summed E-state index contributed by atoms with van der Waals surface area (Å²) in [5.74, 6) is 0. The van der Waals surface area contributed by atoms with E-state index >= 15 is 0 Å². The maximum Gasteiger partial charge on any atom is 0.0540 e. The van der Waals surface area contributed by atoms with Crippen LogP contribution in [0, 0.1) is 0 Å². The highest BCUT2D eigenvalue weighted by Gasteiger charge is 2.36. The Hall–Kier alpha value is -5.86. The molecule has 0 saturated heterocycles. The average molecular weight is 603 g/mol. The molecule has 0 spiro atoms. The molecule has 1 aliphatic carbocycles. The molecule has 9 rings (SSSR count). The van der Waals surface area contributed by atoms with Crippen LogP contribution in [0.3, 0.4) is 0 Å². The van der Waals surface area contributed by atoms with E-state index in [9.17, 15) is 0 Å². The minimum absolute atomic E-state index is 0.165. The number of fused-ring (bicyclic) bond motifs is 5. The van der Waals surface area contributed by atoms with Crippen LogP contribution >= 0.6 is 0 Å². The fraction of sp³-hybridized carbons (Fsp3) is 0.0667. The second-order valence-electron chi connectivity index (χ2n) is 13.1. The van der Waals surface area contributed by atoms with E-state index in [2.05, 4.69) is 193 Å². The summed E-state index contributed by atoms with van der Waals surface area (Å²) in [4.78, 5) is 2.42. The molecule has 0 radical (unpaired) electrons. The van der Waals surface area contributed by atoms with Gasteiger partial charge in [-0.25, -0.2) is 0 Å². The van der Waals surface area contributed by atoms with Crippen LogP contribution in [0.4, 0.5) is 17.1 Å². The zero-order valence-corrected chi connectivity index (χ0v) is 26.6. The van der Waals surface area contributed by atoms with Gasteiger partial charge in [-0.2, -0.15) is 0 Å². The van der Waals surface area contributed by atoms with Crippen molar-refractivity contribution in [2.45, 2.75) is 19.3 Å². The standard InChI is InChI=1S/C45H34N2/c1-45(2)41-29-36(46-28-27-34-14-7-9-17-43(34)46)23-25-39(41)40-26-24-37(30-42(40)45)47(44-18-10-15-33-13-6-8-16-38(33)44)35-21-19-32(20-22-35)31-11-4-3-5-12-31/h3-30H,1-2H3. The van der Waals surface area contributed by atoms with E-state index in [1.807, 2.05) is 0 Å². The predicted molar refractivity (Wildman–Crippen MR) is 198 cm³/mol. The van der Waals surface area contributed by atoms with Gasteiger partial charge in [0.05, 0.1) is 11.2 Å². The van der Waals surface area contributed by atoms with Crippen LogP contribution < -0.4 is 4.90 Å². The molecule has 0 N–H and O–H groups in total. The molecular formula is C45H34N2. The summed E-state index contributed by atoms with van der Waals surface area (Å²) in [6.07, 6.45) is 2.19. The SMILES string of the molecule is CC1(C)c2cc(N(c3ccc(-c4ccccc4)cc3)c3cccc4ccccc34)ccc2-c2ccc(-n3ccc4ccccc43)cc21. The van der Waals surface area contributed by atoms with Crippen molar-refractivity contribution < 1.29 is 0 Å². The summed E-state index contributed by atoms with van der Waals surface area (Å²) in [5.41, 5.74) is 13.5. The predicted octanol–water partition coefficient (Wildman–Crippen LogP) is 12.2. The van der Waals surface area contributed by atoms with Gasteiger partial charge in [-0.1, -0.05) is 123 Å². The Morgan fingerprint density at radius 1 is 0.489 bits per heavy atom. The Bertz CT molecular complexity index is 2420. The number of aromatic nitrogens is 1. The fourth-order valence-electron chi connectivity index (χ4n) is 7.57. The van der Waals surface area contributed by atoms with Crippen molar-refractivity contribution in [3.63, 3.8) is 0 Å². The van der Waals surface area contributed by atoms with Gasteiger partial charge in [0.2, 0.25) is 0 Å². The van der Waals surface area contributed by atoms with Gasteiger partial charge in [0.15, 0.2) is 0 Å². The lowest BCUT2D eigenvalue weighted by molar-refractivity contribution is 0.660. The summed E-state index contributed by atoms with van der Waals surface area (Å²) in [5, 5.41) is 3.72. The lowest BCUT2D eigenvalue weighted by atomic mass is 9.82. The minimum atomic E-state index is -0.165. The molecule has 1 heterocycles. The van der Waals surface area contributed by atoms with E-state index in [1.54, 1.807) is 0 Å². The first-order chi connectivity index (χ1) is 23.1. The van der Waals surface area contributed by atoms with Crippen molar-refractivity contribution in [2.24, 2.45) is 0 Å². The van der Waals surface area contributed by atoms with Crippen molar-refractivity contribution in [1.82, 2.24) is 4.57 Å². The maximum absolute atomic E-state index is 2.42. The highest BCUT2D eigenvalue weighted by molar-refractivity contribution is 5.99. The molecule has 8 aromatic rings. The molecule has 0 fully saturated rings. The smallest absolute Gasteiger partial charge is 0.0540 e. The normalized spacial score (nSPS) is 13.1. The second-order valence-corrected chi connectivity index (χ2v) is 13.1. The largest absolute Gasteiger partial charge is 0.317 e. The minimum Gasteiger partial charge on any atom is -0.317 e. The lowest BCUT2D eigenvalue weighted by Crippen LogP contribution is -2.17. The topological polar surface area (TPSA) is 8.17 Å². The van der Waals surface area contributed by atoms with Crippen LogP contribution in [0.2, 0.25) is 0 Å². The van der Waals surface area contributed by atoms with Gasteiger partial charge in [-0.15, -0.1) is 0 Å². The van der Waals surface area contributed by atoms with Gasteiger partial charge in [-0.05, 0) is 98.8 Å². The van der Waals surface area contributed by atoms with E-state index in [4.69, 9.17) is 0 Å². The van der Waals surface area contributed by atoms with E-state index in [0.717, 1.165) is 11.4 Å². The van der Waals surface area contributed by atoms with E-state index in [-0.39, 0.29) is 5.41 Å². The van der Waals surface area contributed by atoms with Crippen molar-refractivity contribution in [3.05, 3.63) is 181 Å². The summed E-state index contributed by atoms with van der Waals surface area (Å²) in [7, 11) is 0. The van der Waals surface area contributed by atoms with Crippen molar-refractivity contribution in [3.8, 4) is 27.9 Å². The molecule has 0 saturated carbocycles. The Balaban J connectivity index is 1.18. The summed E-state index contributed by atoms with van der Waals surface area (Å²) in [6, 6.07) is 59.7. The molecule has 0 bridgehead atoms. The molecular weight excluding hydrogens is 569 g/mol. The summed E-state index contributed by atoms with van der Waals surface area (Å²) >= 11 is 0. The molecule has 0 amide bonds. The maximum atomic E-state index is 2.42. The van der Waals surface area contributed by atoms with E-state index in [0.29, 0.717) is 0 Å². The number of nitrogens with zero attached hydrogens (tertiary/aromatic N) is 2. The Morgan fingerprint density at radius 3 is 1.96 bits per heavy atom. The molecule has 2 nitrogen and oxygen atoms in total. The van der Waals surface area contributed by atoms with E-state index in [1.165, 1.54) is 66.4 Å². The number of anilines is 3. The van der Waals surface area contributed by atoms with Gasteiger partial charge >= 0.3 is 0 Å². The van der Waals surface area contributed by atoms with Crippen LogP contribution in [0.15, 0.2) is 170 Å². The third-order valence-electron chi connectivity index (χ3n) is 10.0. The molecule has 224 valence electrons. The Morgan fingerprint density at radius 2 is 1.13 bits per heavy atom. The van der Waals surface area contributed by atoms with Gasteiger partial charge in [0, 0.05) is 34.1 Å². The van der Waals surface area contributed by atoms with Gasteiger partial charge in [0.1, 0.15) is 0 Å². The van der Waals surface area contributed by atoms with Crippen molar-refractivity contribution in [2.75, 3.05) is 4.90 Å². The van der Waals surface area contributed by atoms with E-state index < -0.39 is 0 Å². The average Bonchev–Trinajstić information content (AvgIpc) is 3.65. The number of hydrogen-bond donors (Lipinski definition) is 0. The number of para-hydroxylation sites is 1. The number of benzene rings is 7. The van der Waals surface area contributed by atoms with Crippen LogP contribution in [-0.4, -0.2) is 4.57 Å². The zero-order chi connectivity index (χ0) is 31.5. The first-order valence-corrected chi connectivity index (χ1v) is 16.4. The zero-order valence-electron chi connectivity index (χ0n) is 26.6. The molecule has 7 aromatic carbocycles. The highest BCUT2D eigenvalue weighted by atomic mass is 15.1. The van der Waals surface area contributed by atoms with Crippen LogP contribution in [0.25, 0.3) is 49.6 Å². The fourth-order valence-corrected chi connectivity index (χ4v) is 7.57. The molecule has 1 aromatic heterocycles. The molecule has 1 aliphatic rings.